The molecule has 0 amide bonds. The van der Waals surface area contributed by atoms with Crippen LogP contribution in [-0.2, 0) is 6.54 Å². The van der Waals surface area contributed by atoms with Crippen molar-refractivity contribution in [1.82, 2.24) is 9.55 Å². The van der Waals surface area contributed by atoms with Crippen LogP contribution in [0.4, 0.5) is 0 Å². The first-order valence-corrected chi connectivity index (χ1v) is 6.74. The summed E-state index contributed by atoms with van der Waals surface area (Å²) in [6.07, 6.45) is 0. The highest BCUT2D eigenvalue weighted by Crippen LogP contribution is 2.19. The number of benzene rings is 1. The van der Waals surface area contributed by atoms with E-state index in [-0.39, 0.29) is 11.0 Å². The summed E-state index contributed by atoms with van der Waals surface area (Å²) >= 11 is 3.40. The third-order valence-electron chi connectivity index (χ3n) is 2.74. The van der Waals surface area contributed by atoms with Crippen LogP contribution in [0.3, 0.4) is 0 Å². The minimum Gasteiger partial charge on any atom is -0.296 e. The Bertz CT molecular complexity index is 653. The molecule has 0 aliphatic heterocycles. The highest BCUT2D eigenvalue weighted by atomic mass is 79.9. The molecule has 0 radical (unpaired) electrons. The molecule has 0 unspecified atom stereocenters. The molecular weight excluding hydrogens is 292 g/mol. The van der Waals surface area contributed by atoms with Crippen LogP contribution in [0.1, 0.15) is 26.6 Å². The predicted molar refractivity (Wildman–Crippen MR) is 77.9 cm³/mol. The molecule has 2 aromatic rings. The molecule has 1 heterocycles. The lowest BCUT2D eigenvalue weighted by Gasteiger charge is -2.21. The van der Waals surface area contributed by atoms with Crippen LogP contribution >= 0.6 is 15.9 Å². The lowest BCUT2D eigenvalue weighted by Crippen LogP contribution is -2.29. The summed E-state index contributed by atoms with van der Waals surface area (Å²) in [5.41, 5.74) is 0.843. The van der Waals surface area contributed by atoms with Crippen LogP contribution in [-0.4, -0.2) is 9.55 Å². The van der Waals surface area contributed by atoms with Crippen molar-refractivity contribution in [2.24, 2.45) is 5.41 Å². The number of fused-ring (bicyclic) bond motifs is 1. The van der Waals surface area contributed by atoms with Gasteiger partial charge in [0.2, 0.25) is 0 Å². The summed E-state index contributed by atoms with van der Waals surface area (Å²) in [6.45, 7) is 8.90. The Morgan fingerprint density at radius 3 is 2.61 bits per heavy atom. The van der Waals surface area contributed by atoms with Gasteiger partial charge in [-0.2, -0.15) is 0 Å². The monoisotopic (exact) mass is 308 g/mol. The molecular formula is C14H17BrN2O. The fourth-order valence-corrected chi connectivity index (χ4v) is 2.33. The van der Waals surface area contributed by atoms with Gasteiger partial charge in [-0.25, -0.2) is 4.98 Å². The van der Waals surface area contributed by atoms with Crippen molar-refractivity contribution in [3.8, 4) is 0 Å². The molecule has 0 saturated heterocycles. The number of nitrogens with zero attached hydrogens (tertiary/aromatic N) is 2. The lowest BCUT2D eigenvalue weighted by molar-refractivity contribution is 0.333. The average Bonchev–Trinajstić information content (AvgIpc) is 2.24. The molecule has 0 saturated carbocycles. The number of aryl methyl sites for hydroxylation is 1. The van der Waals surface area contributed by atoms with Crippen molar-refractivity contribution in [2.75, 3.05) is 0 Å². The number of rotatable bonds is 1. The SMILES string of the molecule is Cc1nc2ccc(Br)cc2c(=O)n1CC(C)(C)C. The van der Waals surface area contributed by atoms with Gasteiger partial charge >= 0.3 is 0 Å². The Kier molecular flexibility index (Phi) is 3.32. The second-order valence-corrected chi connectivity index (χ2v) is 6.69. The zero-order chi connectivity index (χ0) is 13.5. The van der Waals surface area contributed by atoms with Gasteiger partial charge in [-0.1, -0.05) is 36.7 Å². The van der Waals surface area contributed by atoms with Gasteiger partial charge < -0.3 is 0 Å². The average molecular weight is 309 g/mol. The van der Waals surface area contributed by atoms with E-state index in [2.05, 4.69) is 41.7 Å². The minimum absolute atomic E-state index is 0.0359. The smallest absolute Gasteiger partial charge is 0.261 e. The maximum atomic E-state index is 12.5. The molecule has 96 valence electrons. The van der Waals surface area contributed by atoms with Crippen molar-refractivity contribution in [3.05, 3.63) is 38.9 Å². The second kappa shape index (κ2) is 4.50. The highest BCUT2D eigenvalue weighted by Gasteiger charge is 2.16. The van der Waals surface area contributed by atoms with E-state index in [4.69, 9.17) is 0 Å². The van der Waals surface area contributed by atoms with Gasteiger partial charge in [0.25, 0.3) is 5.56 Å². The van der Waals surface area contributed by atoms with Crippen molar-refractivity contribution in [3.63, 3.8) is 0 Å². The Balaban J connectivity index is 2.71. The standard InChI is InChI=1S/C14H17BrN2O/c1-9-16-12-6-5-10(15)7-11(12)13(18)17(9)8-14(2,3)4/h5-7H,8H2,1-4H3. The summed E-state index contributed by atoms with van der Waals surface area (Å²) in [6, 6.07) is 5.61. The van der Waals surface area contributed by atoms with Crippen LogP contribution in [0.15, 0.2) is 27.5 Å². The van der Waals surface area contributed by atoms with Crippen molar-refractivity contribution in [2.45, 2.75) is 34.2 Å². The van der Waals surface area contributed by atoms with E-state index in [1.165, 1.54) is 0 Å². The van der Waals surface area contributed by atoms with Gasteiger partial charge in [0.05, 0.1) is 10.9 Å². The Morgan fingerprint density at radius 2 is 2.00 bits per heavy atom. The van der Waals surface area contributed by atoms with Gasteiger partial charge in [0.1, 0.15) is 5.82 Å². The number of hydrogen-bond acceptors (Lipinski definition) is 2. The maximum Gasteiger partial charge on any atom is 0.261 e. The fraction of sp³-hybridized carbons (Fsp3) is 0.429. The first kappa shape index (κ1) is 13.3. The number of aromatic nitrogens is 2. The van der Waals surface area contributed by atoms with Gasteiger partial charge in [-0.15, -0.1) is 0 Å². The minimum atomic E-state index is 0.0359. The van der Waals surface area contributed by atoms with Crippen LogP contribution in [0.5, 0.6) is 0 Å². The summed E-state index contributed by atoms with van der Waals surface area (Å²) in [4.78, 5) is 17.0. The van der Waals surface area contributed by atoms with Crippen LogP contribution in [0.2, 0.25) is 0 Å². The van der Waals surface area contributed by atoms with Gasteiger partial charge in [-0.3, -0.25) is 9.36 Å². The molecule has 1 aromatic heterocycles. The third-order valence-corrected chi connectivity index (χ3v) is 3.23. The normalized spacial score (nSPS) is 12.1. The van der Waals surface area contributed by atoms with E-state index in [0.29, 0.717) is 11.9 Å². The zero-order valence-corrected chi connectivity index (χ0v) is 12.7. The van der Waals surface area contributed by atoms with Gasteiger partial charge in [0, 0.05) is 11.0 Å². The molecule has 2 rings (SSSR count). The van der Waals surface area contributed by atoms with Crippen LogP contribution in [0.25, 0.3) is 10.9 Å². The molecule has 0 aliphatic rings. The quantitative estimate of drug-likeness (QED) is 0.808. The molecule has 0 bridgehead atoms. The molecule has 0 aliphatic carbocycles. The zero-order valence-electron chi connectivity index (χ0n) is 11.1. The van der Waals surface area contributed by atoms with Gasteiger partial charge in [-0.05, 0) is 30.5 Å². The van der Waals surface area contributed by atoms with Crippen LogP contribution < -0.4 is 5.56 Å². The molecule has 4 heteroatoms. The maximum absolute atomic E-state index is 12.5. The lowest BCUT2D eigenvalue weighted by atomic mass is 9.96. The van der Waals surface area contributed by atoms with E-state index >= 15 is 0 Å². The molecule has 0 fully saturated rings. The first-order chi connectivity index (χ1) is 8.28. The number of halogens is 1. The molecule has 0 spiro atoms. The van der Waals surface area contributed by atoms with Crippen molar-refractivity contribution >= 4 is 26.8 Å². The first-order valence-electron chi connectivity index (χ1n) is 5.95. The summed E-state index contributed by atoms with van der Waals surface area (Å²) in [5.74, 6) is 0.768. The van der Waals surface area contributed by atoms with E-state index < -0.39 is 0 Å². The predicted octanol–water partition coefficient (Wildman–Crippen LogP) is 3.51. The van der Waals surface area contributed by atoms with E-state index in [9.17, 15) is 4.79 Å². The largest absolute Gasteiger partial charge is 0.296 e. The molecule has 1 aromatic carbocycles. The topological polar surface area (TPSA) is 34.9 Å². The third kappa shape index (κ3) is 2.64. The summed E-state index contributed by atoms with van der Waals surface area (Å²) in [7, 11) is 0. The van der Waals surface area contributed by atoms with Crippen LogP contribution in [0, 0.1) is 12.3 Å². The summed E-state index contributed by atoms with van der Waals surface area (Å²) < 4.78 is 2.66. The molecule has 3 nitrogen and oxygen atoms in total. The molecule has 0 N–H and O–H groups in total. The molecule has 0 atom stereocenters. The Morgan fingerprint density at radius 1 is 1.33 bits per heavy atom. The fourth-order valence-electron chi connectivity index (χ4n) is 1.96. The van der Waals surface area contributed by atoms with Crippen molar-refractivity contribution in [1.29, 1.82) is 0 Å². The van der Waals surface area contributed by atoms with Crippen molar-refractivity contribution < 1.29 is 0 Å². The summed E-state index contributed by atoms with van der Waals surface area (Å²) in [5, 5.41) is 0.666. The highest BCUT2D eigenvalue weighted by molar-refractivity contribution is 9.10. The van der Waals surface area contributed by atoms with Gasteiger partial charge in [0.15, 0.2) is 0 Å². The van der Waals surface area contributed by atoms with E-state index in [1.54, 1.807) is 4.57 Å². The van der Waals surface area contributed by atoms with E-state index in [1.807, 2.05) is 25.1 Å². The Hall–Kier alpha value is -1.16. The van der Waals surface area contributed by atoms with E-state index in [0.717, 1.165) is 15.8 Å². The number of hydrogen-bond donors (Lipinski definition) is 0. The second-order valence-electron chi connectivity index (χ2n) is 5.77. The Labute approximate surface area is 115 Å². The molecule has 18 heavy (non-hydrogen) atoms.